The van der Waals surface area contributed by atoms with Crippen molar-refractivity contribution in [2.75, 3.05) is 45.2 Å². The number of amides is 1. The Bertz CT molecular complexity index is 1800. The first-order chi connectivity index (χ1) is 22.6. The zero-order chi connectivity index (χ0) is 33.2. The summed E-state index contributed by atoms with van der Waals surface area (Å²) in [6.07, 6.45) is 1.25. The Morgan fingerprint density at radius 1 is 1.09 bits per heavy atom. The molecule has 0 radical (unpaired) electrons. The number of carbonyl (C=O) groups is 1. The fraction of sp³-hybridized carbons (Fsp3) is 0.353. The number of aryl methyl sites for hydroxylation is 1. The summed E-state index contributed by atoms with van der Waals surface area (Å²) in [5.41, 5.74) is 6.62. The van der Waals surface area contributed by atoms with E-state index in [9.17, 15) is 20.1 Å². The maximum atomic E-state index is 13.5. The summed E-state index contributed by atoms with van der Waals surface area (Å²) in [7, 11) is 1.54. The second-order valence-electron chi connectivity index (χ2n) is 11.9. The van der Waals surface area contributed by atoms with Gasteiger partial charge in [-0.15, -0.1) is 0 Å². The van der Waals surface area contributed by atoms with E-state index >= 15 is 0 Å². The Morgan fingerprint density at radius 2 is 1.81 bits per heavy atom. The van der Waals surface area contributed by atoms with Crippen LogP contribution in [0.3, 0.4) is 0 Å². The highest BCUT2D eigenvalue weighted by molar-refractivity contribution is 6.39. The average Bonchev–Trinajstić information content (AvgIpc) is 3.05. The number of halogens is 2. The van der Waals surface area contributed by atoms with E-state index in [1.54, 1.807) is 31.5 Å². The summed E-state index contributed by atoms with van der Waals surface area (Å²) in [6.45, 7) is 4.87. The number of aromatic nitrogens is 3. The van der Waals surface area contributed by atoms with Crippen molar-refractivity contribution in [1.82, 2.24) is 24.8 Å². The van der Waals surface area contributed by atoms with Crippen molar-refractivity contribution in [3.63, 3.8) is 0 Å². The molecule has 47 heavy (non-hydrogen) atoms. The summed E-state index contributed by atoms with van der Waals surface area (Å²) in [4.78, 5) is 31.5. The smallest absolute Gasteiger partial charge is 0.274 e. The van der Waals surface area contributed by atoms with Gasteiger partial charge in [-0.25, -0.2) is 9.97 Å². The van der Waals surface area contributed by atoms with E-state index in [-0.39, 0.29) is 18.4 Å². The summed E-state index contributed by atoms with van der Waals surface area (Å²) >= 11 is 13.9. The first-order valence-corrected chi connectivity index (χ1v) is 16.1. The van der Waals surface area contributed by atoms with Gasteiger partial charge in [-0.1, -0.05) is 53.5 Å². The molecule has 2 aliphatic rings. The molecule has 1 amide bonds. The molecule has 1 atom stereocenters. The number of β-amino-alcohol motifs (C(OH)–C–C–N with tert-alkyl or cyclic N) is 2. The lowest BCUT2D eigenvalue weighted by Crippen LogP contribution is -2.50. The third-order valence-electron chi connectivity index (χ3n) is 8.52. The van der Waals surface area contributed by atoms with Crippen LogP contribution in [0.4, 0.5) is 5.69 Å². The highest BCUT2D eigenvalue weighted by Gasteiger charge is 2.27. The third kappa shape index (κ3) is 7.12. The summed E-state index contributed by atoms with van der Waals surface area (Å²) in [5, 5.41) is 32.4. The topological polar surface area (TPSA) is 144 Å². The van der Waals surface area contributed by atoms with Gasteiger partial charge in [-0.05, 0) is 36.6 Å². The van der Waals surface area contributed by atoms with Crippen molar-refractivity contribution in [2.45, 2.75) is 38.6 Å². The number of fused-ring (bicyclic) bond motifs is 1. The molecule has 4 N–H and O–H groups in total. The lowest BCUT2D eigenvalue weighted by atomic mass is 9.98. The van der Waals surface area contributed by atoms with E-state index in [1.165, 1.54) is 0 Å². The molecule has 0 spiro atoms. The number of likely N-dealkylation sites (tertiary alicyclic amines) is 1. The number of methoxy groups -OCH3 is 1. The lowest BCUT2D eigenvalue weighted by molar-refractivity contribution is -0.00403. The fourth-order valence-electron chi connectivity index (χ4n) is 6.07. The number of nitrogens with zero attached hydrogens (tertiary/aromatic N) is 5. The Labute approximate surface area is 282 Å². The minimum absolute atomic E-state index is 0.258. The SMILES string of the molecule is COc1nc(-c2cccc(-c3cccc(NC(=O)c4cc(C)c5c(n4)CN(CC(O)CO)CC5)c3Cl)c2Cl)cnc1CN1CC(O)C1. The van der Waals surface area contributed by atoms with Gasteiger partial charge in [0.15, 0.2) is 0 Å². The van der Waals surface area contributed by atoms with Crippen molar-refractivity contribution in [2.24, 2.45) is 0 Å². The monoisotopic (exact) mass is 678 g/mol. The number of pyridine rings is 1. The Kier molecular flexibility index (Phi) is 10.0. The second kappa shape index (κ2) is 14.2. The van der Waals surface area contributed by atoms with Crippen molar-refractivity contribution >= 4 is 34.8 Å². The number of anilines is 1. The fourth-order valence-corrected chi connectivity index (χ4v) is 6.67. The standard InChI is InChI=1S/C34H36Cl2N6O5/c1-19-11-27(38-29-16-41(10-9-22(19)29)15-21(45)18-43)33(46)39-26-8-4-6-24(32(26)36)23-5-3-7-25(31(23)35)28-12-37-30(34(40-28)47-2)17-42-13-20(44)14-42/h3-8,11-12,20-21,43-45H,9-10,13-18H2,1-2H3,(H,39,46). The van der Waals surface area contributed by atoms with Crippen LogP contribution in [0.5, 0.6) is 5.88 Å². The highest BCUT2D eigenvalue weighted by Crippen LogP contribution is 2.41. The van der Waals surface area contributed by atoms with Crippen LogP contribution in [0, 0.1) is 6.92 Å². The van der Waals surface area contributed by atoms with Gasteiger partial charge in [0.05, 0.1) is 59.2 Å². The number of rotatable bonds is 10. The molecule has 2 aromatic carbocycles. The molecule has 0 saturated carbocycles. The van der Waals surface area contributed by atoms with Gasteiger partial charge in [0.25, 0.3) is 5.91 Å². The van der Waals surface area contributed by atoms with Crippen LogP contribution in [0.2, 0.25) is 10.0 Å². The normalized spacial score (nSPS) is 16.0. The minimum atomic E-state index is -0.833. The zero-order valence-electron chi connectivity index (χ0n) is 26.1. The van der Waals surface area contributed by atoms with Crippen LogP contribution in [-0.2, 0) is 19.5 Å². The highest BCUT2D eigenvalue weighted by atomic mass is 35.5. The van der Waals surface area contributed by atoms with Gasteiger partial charge in [0, 0.05) is 56.0 Å². The van der Waals surface area contributed by atoms with E-state index in [2.05, 4.69) is 25.2 Å². The quantitative estimate of drug-likeness (QED) is 0.195. The van der Waals surface area contributed by atoms with Crippen LogP contribution < -0.4 is 10.1 Å². The van der Waals surface area contributed by atoms with Crippen LogP contribution in [0.25, 0.3) is 22.4 Å². The number of ether oxygens (including phenoxy) is 1. The largest absolute Gasteiger partial charge is 0.480 e. The van der Waals surface area contributed by atoms with E-state index in [0.717, 1.165) is 29.8 Å². The molecular formula is C34H36Cl2N6O5. The maximum absolute atomic E-state index is 13.5. The lowest BCUT2D eigenvalue weighted by Gasteiger charge is -2.35. The molecule has 4 aromatic rings. The summed E-state index contributed by atoms with van der Waals surface area (Å²) in [5.74, 6) is -0.0212. The molecule has 1 fully saturated rings. The van der Waals surface area contributed by atoms with E-state index < -0.39 is 12.0 Å². The van der Waals surface area contributed by atoms with Gasteiger partial charge in [-0.3, -0.25) is 19.6 Å². The number of benzene rings is 2. The first kappa shape index (κ1) is 33.2. The molecule has 1 saturated heterocycles. The number of carbonyl (C=O) groups excluding carboxylic acids is 1. The summed E-state index contributed by atoms with van der Waals surface area (Å²) < 4.78 is 5.54. The van der Waals surface area contributed by atoms with Gasteiger partial charge >= 0.3 is 0 Å². The van der Waals surface area contributed by atoms with Gasteiger partial charge in [-0.2, -0.15) is 0 Å². The number of nitrogens with one attached hydrogen (secondary N) is 1. The molecule has 0 bridgehead atoms. The van der Waals surface area contributed by atoms with Gasteiger partial charge in [0.2, 0.25) is 5.88 Å². The van der Waals surface area contributed by atoms with E-state index in [4.69, 9.17) is 27.9 Å². The molecule has 0 aliphatic carbocycles. The van der Waals surface area contributed by atoms with Crippen LogP contribution in [0.1, 0.15) is 33.0 Å². The molecule has 11 nitrogen and oxygen atoms in total. The number of aliphatic hydroxyl groups excluding tert-OH is 3. The van der Waals surface area contributed by atoms with Crippen LogP contribution in [0.15, 0.2) is 48.7 Å². The average molecular weight is 680 g/mol. The molecule has 6 rings (SSSR count). The number of aliphatic hydroxyl groups is 3. The van der Waals surface area contributed by atoms with Crippen molar-refractivity contribution < 1.29 is 24.9 Å². The zero-order valence-corrected chi connectivity index (χ0v) is 27.6. The Hall–Kier alpha value is -3.68. The Balaban J connectivity index is 1.24. The van der Waals surface area contributed by atoms with E-state index in [0.29, 0.717) is 82.4 Å². The van der Waals surface area contributed by atoms with Crippen molar-refractivity contribution in [3.05, 3.63) is 86.9 Å². The molecule has 4 heterocycles. The number of hydrogen-bond acceptors (Lipinski definition) is 10. The van der Waals surface area contributed by atoms with Gasteiger partial charge < -0.3 is 25.4 Å². The van der Waals surface area contributed by atoms with Gasteiger partial charge in [0.1, 0.15) is 11.4 Å². The summed E-state index contributed by atoms with van der Waals surface area (Å²) in [6, 6.07) is 12.7. The molecular weight excluding hydrogens is 643 g/mol. The molecule has 2 aromatic heterocycles. The van der Waals surface area contributed by atoms with Crippen molar-refractivity contribution in [1.29, 1.82) is 0 Å². The Morgan fingerprint density at radius 3 is 2.53 bits per heavy atom. The number of hydrogen-bond donors (Lipinski definition) is 4. The van der Waals surface area contributed by atoms with E-state index in [1.807, 2.05) is 36.1 Å². The predicted octanol–water partition coefficient (Wildman–Crippen LogP) is 3.97. The van der Waals surface area contributed by atoms with Crippen molar-refractivity contribution in [3.8, 4) is 28.3 Å². The maximum Gasteiger partial charge on any atom is 0.274 e. The molecule has 13 heteroatoms. The molecule has 1 unspecified atom stereocenters. The molecule has 2 aliphatic heterocycles. The second-order valence-corrected chi connectivity index (χ2v) is 12.7. The minimum Gasteiger partial charge on any atom is -0.480 e. The predicted molar refractivity (Wildman–Crippen MR) is 180 cm³/mol. The third-order valence-corrected chi connectivity index (χ3v) is 9.34. The molecule has 246 valence electrons. The van der Waals surface area contributed by atoms with Crippen LogP contribution in [-0.4, -0.2) is 98.1 Å². The first-order valence-electron chi connectivity index (χ1n) is 15.3. The van der Waals surface area contributed by atoms with Crippen LogP contribution >= 0.6 is 23.2 Å².